The van der Waals surface area contributed by atoms with Crippen LogP contribution in [-0.2, 0) is 62.4 Å². The fraction of sp³-hybridized carbons (Fsp3) is 0.460. The summed E-state index contributed by atoms with van der Waals surface area (Å²) in [6.07, 6.45) is 5.34. The van der Waals surface area contributed by atoms with Crippen LogP contribution < -0.4 is 59.7 Å². The third-order valence-electron chi connectivity index (χ3n) is 12.4. The molecule has 75 heavy (non-hydrogen) atoms. The number of phenolic OH excluding ortho intramolecular Hbond substituents is 1. The molecule has 404 valence electrons. The Hall–Kier alpha value is -8.51. The standard InChI is InChI=1S/C50H69N15O10/c1-3-4-11-36(59-28(2)66)44(70)65-41-24-42(68)55-19-8-7-13-35(43(51)69)60-47(73)39(22-30-25-57-34-12-6-5-10-33(30)34)63-45(71)37(14-9-20-56-50(52)53)61-46(72)38(21-29-15-17-32(67)18-16-29)62-48(74)40(64-49(41)75)23-31-26-54-27-58-31/h5-6,10,12,15-18,25-27,35-41,57,67H,3-4,7-9,11,13-14,19-24H2,1-2H3,(H2,51,69)(H,54,58)(H,55,68)(H,59,66)(H,60,73)(H,61,72)(H,62,74)(H,63,71)(H,64,75)(H,65,70)(H4,52,53,56)/t35-,36-,37-,38+,39-,40-,41-/m0/s1. The summed E-state index contributed by atoms with van der Waals surface area (Å²) >= 11 is 0. The van der Waals surface area contributed by atoms with Crippen molar-refractivity contribution >= 4 is 70.0 Å². The number of benzene rings is 2. The van der Waals surface area contributed by atoms with Crippen LogP contribution in [-0.4, -0.2) is 135 Å². The molecule has 25 heteroatoms. The fourth-order valence-electron chi connectivity index (χ4n) is 8.41. The largest absolute Gasteiger partial charge is 0.508 e. The first-order valence-corrected chi connectivity index (χ1v) is 24.9. The van der Waals surface area contributed by atoms with E-state index < -0.39 is 102 Å². The van der Waals surface area contributed by atoms with Gasteiger partial charge in [0, 0.05) is 68.3 Å². The highest BCUT2D eigenvalue weighted by molar-refractivity contribution is 5.99. The number of hydrogen-bond acceptors (Lipinski definition) is 12. The van der Waals surface area contributed by atoms with Crippen molar-refractivity contribution in [2.75, 3.05) is 13.1 Å². The van der Waals surface area contributed by atoms with E-state index in [1.807, 2.05) is 31.2 Å². The van der Waals surface area contributed by atoms with Crippen molar-refractivity contribution in [2.24, 2.45) is 22.2 Å². The van der Waals surface area contributed by atoms with Crippen molar-refractivity contribution in [1.29, 1.82) is 0 Å². The maximum atomic E-state index is 14.7. The van der Waals surface area contributed by atoms with E-state index in [2.05, 4.69) is 62.5 Å². The molecule has 0 bridgehead atoms. The van der Waals surface area contributed by atoms with Gasteiger partial charge in [-0.2, -0.15) is 0 Å². The number of nitrogens with two attached hydrogens (primary N) is 3. The number of guanidine groups is 1. The third-order valence-corrected chi connectivity index (χ3v) is 12.4. The second-order valence-corrected chi connectivity index (χ2v) is 18.4. The predicted octanol–water partition coefficient (Wildman–Crippen LogP) is -1.54. The number of para-hydroxylation sites is 1. The number of amides is 9. The van der Waals surface area contributed by atoms with Crippen LogP contribution in [0.2, 0.25) is 0 Å². The van der Waals surface area contributed by atoms with Crippen molar-refractivity contribution in [3.8, 4) is 5.75 Å². The van der Waals surface area contributed by atoms with E-state index in [0.717, 1.165) is 10.9 Å². The van der Waals surface area contributed by atoms with Gasteiger partial charge in [-0.05, 0) is 67.9 Å². The molecule has 1 aliphatic rings. The Morgan fingerprint density at radius 1 is 0.787 bits per heavy atom. The fourth-order valence-corrected chi connectivity index (χ4v) is 8.41. The lowest BCUT2D eigenvalue weighted by Crippen LogP contribution is -2.61. The van der Waals surface area contributed by atoms with Crippen molar-refractivity contribution in [3.05, 3.63) is 84.1 Å². The quantitative estimate of drug-likeness (QED) is 0.0324. The number of nitrogens with zero attached hydrogens (tertiary/aromatic N) is 2. The first kappa shape index (κ1) is 57.4. The number of aromatic hydroxyl groups is 1. The molecular weight excluding hydrogens is 971 g/mol. The molecule has 1 fully saturated rings. The van der Waals surface area contributed by atoms with Gasteiger partial charge in [-0.1, -0.05) is 50.1 Å². The summed E-state index contributed by atoms with van der Waals surface area (Å²) in [5.74, 6) is -7.44. The van der Waals surface area contributed by atoms with Crippen molar-refractivity contribution in [1.82, 2.24) is 57.5 Å². The lowest BCUT2D eigenvalue weighted by Gasteiger charge is -2.28. The van der Waals surface area contributed by atoms with Crippen LogP contribution in [0, 0.1) is 0 Å². The van der Waals surface area contributed by atoms with E-state index in [4.69, 9.17) is 17.2 Å². The van der Waals surface area contributed by atoms with Crippen LogP contribution in [0.3, 0.4) is 0 Å². The van der Waals surface area contributed by atoms with E-state index in [9.17, 15) is 48.3 Å². The van der Waals surface area contributed by atoms with Gasteiger partial charge in [0.2, 0.25) is 53.2 Å². The molecule has 0 saturated carbocycles. The van der Waals surface area contributed by atoms with Gasteiger partial charge in [0.25, 0.3) is 0 Å². The third kappa shape index (κ3) is 18.5. The molecule has 1 saturated heterocycles. The molecule has 4 aromatic rings. The number of unbranched alkanes of at least 4 members (excludes halogenated alkanes) is 1. The highest BCUT2D eigenvalue weighted by Gasteiger charge is 2.35. The number of aromatic nitrogens is 3. The summed E-state index contributed by atoms with van der Waals surface area (Å²) in [7, 11) is 0. The Morgan fingerprint density at radius 2 is 1.44 bits per heavy atom. The minimum Gasteiger partial charge on any atom is -0.508 e. The number of aliphatic imine (C=N–C) groups is 1. The normalized spacial score (nSPS) is 21.2. The molecule has 0 radical (unpaired) electrons. The Kier molecular flexibility index (Phi) is 21.9. The number of primary amides is 1. The monoisotopic (exact) mass is 1040 g/mol. The molecular formula is C50H69N15O10. The van der Waals surface area contributed by atoms with Gasteiger partial charge in [0.05, 0.1) is 12.7 Å². The highest BCUT2D eigenvalue weighted by atomic mass is 16.3. The molecule has 9 amide bonds. The summed E-state index contributed by atoms with van der Waals surface area (Å²) in [5, 5.41) is 32.2. The summed E-state index contributed by atoms with van der Waals surface area (Å²) in [5.41, 5.74) is 19.2. The Labute approximate surface area is 432 Å². The molecule has 0 unspecified atom stereocenters. The zero-order chi connectivity index (χ0) is 54.4. The number of carbonyl (C=O) groups excluding carboxylic acids is 9. The number of rotatable bonds is 17. The van der Waals surface area contributed by atoms with Gasteiger partial charge in [0.15, 0.2) is 5.96 Å². The van der Waals surface area contributed by atoms with Crippen LogP contribution >= 0.6 is 0 Å². The second-order valence-electron chi connectivity index (χ2n) is 18.4. The van der Waals surface area contributed by atoms with Crippen molar-refractivity contribution < 1.29 is 48.3 Å². The van der Waals surface area contributed by atoms with Crippen molar-refractivity contribution in [3.63, 3.8) is 0 Å². The smallest absolute Gasteiger partial charge is 0.243 e. The zero-order valence-electron chi connectivity index (χ0n) is 42.0. The number of H-pyrrole nitrogens is 2. The lowest BCUT2D eigenvalue weighted by atomic mass is 10.0. The Balaban J connectivity index is 1.56. The number of nitrogens with one attached hydrogen (secondary N) is 10. The molecule has 2 aromatic heterocycles. The summed E-state index contributed by atoms with van der Waals surface area (Å²) in [6.45, 7) is 3.20. The maximum absolute atomic E-state index is 14.7. The van der Waals surface area contributed by atoms with Gasteiger partial charge >= 0.3 is 0 Å². The number of carbonyl (C=O) groups is 9. The van der Waals surface area contributed by atoms with Crippen LogP contribution in [0.15, 0.2) is 72.2 Å². The number of hydrogen-bond donors (Lipinski definition) is 14. The Morgan fingerprint density at radius 3 is 2.11 bits per heavy atom. The van der Waals surface area contributed by atoms with E-state index in [0.29, 0.717) is 29.7 Å². The molecule has 25 nitrogen and oxygen atoms in total. The minimum absolute atomic E-state index is 0.0265. The minimum atomic E-state index is -1.60. The maximum Gasteiger partial charge on any atom is 0.243 e. The molecule has 1 aliphatic heterocycles. The van der Waals surface area contributed by atoms with Crippen LogP contribution in [0.4, 0.5) is 0 Å². The number of phenols is 1. The lowest BCUT2D eigenvalue weighted by molar-refractivity contribution is -0.136. The average molecular weight is 1040 g/mol. The van der Waals surface area contributed by atoms with Gasteiger partial charge in [0.1, 0.15) is 48.0 Å². The highest BCUT2D eigenvalue weighted by Crippen LogP contribution is 2.20. The van der Waals surface area contributed by atoms with Gasteiger partial charge in [-0.15, -0.1) is 0 Å². The molecule has 2 aromatic carbocycles. The number of aromatic amines is 2. The number of fused-ring (bicyclic) bond motifs is 1. The summed E-state index contributed by atoms with van der Waals surface area (Å²) < 4.78 is 0. The summed E-state index contributed by atoms with van der Waals surface area (Å²) in [6, 6.07) is 3.46. The molecule has 5 rings (SSSR count). The second kappa shape index (κ2) is 28.7. The summed E-state index contributed by atoms with van der Waals surface area (Å²) in [4.78, 5) is 139. The topological polar surface area (TPSA) is 405 Å². The van der Waals surface area contributed by atoms with E-state index >= 15 is 0 Å². The zero-order valence-corrected chi connectivity index (χ0v) is 42.0. The molecule has 7 atom stereocenters. The van der Waals surface area contributed by atoms with Crippen LogP contribution in [0.5, 0.6) is 5.75 Å². The van der Waals surface area contributed by atoms with Gasteiger partial charge < -0.3 is 74.8 Å². The average Bonchev–Trinajstić information content (AvgIpc) is 4.04. The first-order valence-electron chi connectivity index (χ1n) is 24.9. The van der Waals surface area contributed by atoms with E-state index in [1.165, 1.54) is 43.7 Å². The first-order chi connectivity index (χ1) is 35.9. The van der Waals surface area contributed by atoms with Crippen LogP contribution in [0.1, 0.15) is 88.5 Å². The van der Waals surface area contributed by atoms with Gasteiger partial charge in [-0.3, -0.25) is 48.1 Å². The Bertz CT molecular complexity index is 2630. The van der Waals surface area contributed by atoms with Crippen LogP contribution in [0.25, 0.3) is 10.9 Å². The van der Waals surface area contributed by atoms with E-state index in [-0.39, 0.29) is 82.6 Å². The van der Waals surface area contributed by atoms with E-state index in [1.54, 1.807) is 6.20 Å². The number of imidazole rings is 1. The molecule has 0 spiro atoms. The van der Waals surface area contributed by atoms with Gasteiger partial charge in [-0.25, -0.2) is 4.98 Å². The predicted molar refractivity (Wildman–Crippen MR) is 275 cm³/mol. The molecule has 17 N–H and O–H groups in total. The molecule has 0 aliphatic carbocycles. The van der Waals surface area contributed by atoms with Crippen molar-refractivity contribution in [2.45, 2.75) is 133 Å². The SMILES string of the molecule is CCCC[C@H](NC(C)=O)C(=O)N[C@H]1CC(=O)NCCCC[C@@H](C(N)=O)NC(=O)[C@H](Cc2c[nH]c3ccccc23)NC(=O)[C@H](CCCN=C(N)N)NC(=O)[C@@H](Cc2ccc(O)cc2)NC(=O)[C@H](Cc2cnc[nH]2)NC1=O. The molecule has 3 heterocycles.